The second kappa shape index (κ2) is 5.04. The van der Waals surface area contributed by atoms with Crippen molar-refractivity contribution in [2.24, 2.45) is 5.41 Å². The average molecular weight is 240 g/mol. The van der Waals surface area contributed by atoms with Gasteiger partial charge in [-0.25, -0.2) is 0 Å². The minimum Gasteiger partial charge on any atom is -0.396 e. The topological polar surface area (TPSA) is 78.4 Å². The van der Waals surface area contributed by atoms with Gasteiger partial charge in [-0.1, -0.05) is 12.8 Å². The van der Waals surface area contributed by atoms with Crippen LogP contribution in [0.3, 0.4) is 0 Å². The van der Waals surface area contributed by atoms with Gasteiger partial charge < -0.3 is 15.7 Å². The molecule has 1 saturated carbocycles. The molecule has 0 aromatic rings. The SMILES string of the molecule is O=C1CCC(C(=O)NCC2(CO)CCCC2)N1. The van der Waals surface area contributed by atoms with Gasteiger partial charge in [-0.3, -0.25) is 9.59 Å². The van der Waals surface area contributed by atoms with Gasteiger partial charge in [-0.15, -0.1) is 0 Å². The van der Waals surface area contributed by atoms with Gasteiger partial charge >= 0.3 is 0 Å². The van der Waals surface area contributed by atoms with Crippen molar-refractivity contribution >= 4 is 11.8 Å². The Bertz CT molecular complexity index is 311. The van der Waals surface area contributed by atoms with Crippen LogP contribution in [0, 0.1) is 5.41 Å². The largest absolute Gasteiger partial charge is 0.396 e. The van der Waals surface area contributed by atoms with Crippen molar-refractivity contribution in [1.82, 2.24) is 10.6 Å². The second-order valence-corrected chi connectivity index (χ2v) is 5.24. The number of carbonyl (C=O) groups excluding carboxylic acids is 2. The van der Waals surface area contributed by atoms with Crippen LogP contribution in [0.25, 0.3) is 0 Å². The highest BCUT2D eigenvalue weighted by atomic mass is 16.3. The number of hydrogen-bond acceptors (Lipinski definition) is 3. The van der Waals surface area contributed by atoms with Crippen molar-refractivity contribution in [3.05, 3.63) is 0 Å². The molecule has 0 bridgehead atoms. The van der Waals surface area contributed by atoms with Crippen molar-refractivity contribution in [3.63, 3.8) is 0 Å². The zero-order chi connectivity index (χ0) is 12.3. The lowest BCUT2D eigenvalue weighted by Crippen LogP contribution is -2.46. The van der Waals surface area contributed by atoms with Gasteiger partial charge in [0.05, 0.1) is 6.61 Å². The summed E-state index contributed by atoms with van der Waals surface area (Å²) >= 11 is 0. The predicted octanol–water partition coefficient (Wildman–Crippen LogP) is -0.0661. The number of amides is 2. The van der Waals surface area contributed by atoms with Crippen LogP contribution < -0.4 is 10.6 Å². The fourth-order valence-corrected chi connectivity index (χ4v) is 2.72. The zero-order valence-corrected chi connectivity index (χ0v) is 10.00. The van der Waals surface area contributed by atoms with Gasteiger partial charge in [-0.05, 0) is 19.3 Å². The molecule has 1 aliphatic heterocycles. The Morgan fingerprint density at radius 3 is 2.71 bits per heavy atom. The first-order chi connectivity index (χ1) is 8.15. The Balaban J connectivity index is 1.81. The molecule has 17 heavy (non-hydrogen) atoms. The molecule has 96 valence electrons. The summed E-state index contributed by atoms with van der Waals surface area (Å²) in [5.41, 5.74) is -0.127. The molecule has 5 nitrogen and oxygen atoms in total. The van der Waals surface area contributed by atoms with E-state index < -0.39 is 0 Å². The molecule has 1 heterocycles. The molecule has 0 spiro atoms. The monoisotopic (exact) mass is 240 g/mol. The lowest BCUT2D eigenvalue weighted by Gasteiger charge is -2.27. The smallest absolute Gasteiger partial charge is 0.242 e. The molecular weight excluding hydrogens is 220 g/mol. The summed E-state index contributed by atoms with van der Waals surface area (Å²) in [6, 6.07) is -0.375. The van der Waals surface area contributed by atoms with Gasteiger partial charge in [0.25, 0.3) is 0 Å². The van der Waals surface area contributed by atoms with Gasteiger partial charge in [-0.2, -0.15) is 0 Å². The molecule has 5 heteroatoms. The van der Waals surface area contributed by atoms with Crippen molar-refractivity contribution < 1.29 is 14.7 Å². The highest BCUT2D eigenvalue weighted by Gasteiger charge is 2.35. The molecule has 2 rings (SSSR count). The van der Waals surface area contributed by atoms with E-state index in [1.165, 1.54) is 0 Å². The number of aliphatic hydroxyl groups excluding tert-OH is 1. The first kappa shape index (κ1) is 12.4. The minimum atomic E-state index is -0.375. The van der Waals surface area contributed by atoms with E-state index in [0.29, 0.717) is 19.4 Å². The maximum Gasteiger partial charge on any atom is 0.242 e. The Morgan fingerprint density at radius 2 is 2.18 bits per heavy atom. The molecule has 0 radical (unpaired) electrons. The van der Waals surface area contributed by atoms with E-state index in [2.05, 4.69) is 10.6 Å². The van der Waals surface area contributed by atoms with Crippen LogP contribution in [-0.4, -0.2) is 36.1 Å². The third kappa shape index (κ3) is 2.77. The molecule has 1 unspecified atom stereocenters. The first-order valence-electron chi connectivity index (χ1n) is 6.33. The van der Waals surface area contributed by atoms with E-state index >= 15 is 0 Å². The Morgan fingerprint density at radius 1 is 1.47 bits per heavy atom. The van der Waals surface area contributed by atoms with Gasteiger partial charge in [0.15, 0.2) is 0 Å². The number of aliphatic hydroxyl groups is 1. The summed E-state index contributed by atoms with van der Waals surface area (Å²) in [5, 5.41) is 14.9. The van der Waals surface area contributed by atoms with Crippen LogP contribution in [-0.2, 0) is 9.59 Å². The molecule has 2 amide bonds. The predicted molar refractivity (Wildman–Crippen MR) is 62.2 cm³/mol. The van der Waals surface area contributed by atoms with Crippen LogP contribution in [0.1, 0.15) is 38.5 Å². The van der Waals surface area contributed by atoms with Crippen LogP contribution in [0.2, 0.25) is 0 Å². The van der Waals surface area contributed by atoms with E-state index in [9.17, 15) is 14.7 Å². The highest BCUT2D eigenvalue weighted by molar-refractivity contribution is 5.90. The average Bonchev–Trinajstić information content (AvgIpc) is 2.95. The third-order valence-corrected chi connectivity index (χ3v) is 3.95. The van der Waals surface area contributed by atoms with Gasteiger partial charge in [0.2, 0.25) is 11.8 Å². The summed E-state index contributed by atoms with van der Waals surface area (Å²) in [4.78, 5) is 22.8. The third-order valence-electron chi connectivity index (χ3n) is 3.95. The minimum absolute atomic E-state index is 0.0529. The lowest BCUT2D eigenvalue weighted by molar-refractivity contribution is -0.126. The summed E-state index contributed by atoms with van der Waals surface area (Å²) < 4.78 is 0. The van der Waals surface area contributed by atoms with E-state index in [1.807, 2.05) is 0 Å². The molecule has 2 fully saturated rings. The second-order valence-electron chi connectivity index (χ2n) is 5.24. The number of nitrogens with one attached hydrogen (secondary N) is 2. The Labute approximate surface area is 101 Å². The van der Waals surface area contributed by atoms with E-state index in [4.69, 9.17) is 0 Å². The van der Waals surface area contributed by atoms with E-state index in [0.717, 1.165) is 25.7 Å². The van der Waals surface area contributed by atoms with Crippen LogP contribution in [0.4, 0.5) is 0 Å². The number of hydrogen-bond donors (Lipinski definition) is 3. The standard InChI is InChI=1S/C12H20N2O3/c15-8-12(5-1-2-6-12)7-13-11(17)9-3-4-10(16)14-9/h9,15H,1-8H2,(H,13,17)(H,14,16). The summed E-state index contributed by atoms with van der Waals surface area (Å²) in [6.45, 7) is 0.652. The molecule has 1 saturated heterocycles. The first-order valence-corrected chi connectivity index (χ1v) is 6.33. The zero-order valence-electron chi connectivity index (χ0n) is 10.00. The molecule has 0 aromatic carbocycles. The van der Waals surface area contributed by atoms with Crippen molar-refractivity contribution in [1.29, 1.82) is 0 Å². The molecular formula is C12H20N2O3. The van der Waals surface area contributed by atoms with Crippen molar-refractivity contribution in [2.45, 2.75) is 44.6 Å². The van der Waals surface area contributed by atoms with Gasteiger partial charge in [0, 0.05) is 18.4 Å². The van der Waals surface area contributed by atoms with E-state index in [-0.39, 0.29) is 29.9 Å². The number of rotatable bonds is 4. The molecule has 3 N–H and O–H groups in total. The Kier molecular flexibility index (Phi) is 3.66. The van der Waals surface area contributed by atoms with E-state index in [1.54, 1.807) is 0 Å². The maximum atomic E-state index is 11.8. The normalized spacial score (nSPS) is 26.9. The summed E-state index contributed by atoms with van der Waals surface area (Å²) in [7, 11) is 0. The molecule has 1 atom stereocenters. The van der Waals surface area contributed by atoms with Gasteiger partial charge in [0.1, 0.15) is 6.04 Å². The summed E-state index contributed by atoms with van der Waals surface area (Å²) in [6.07, 6.45) is 5.20. The fraction of sp³-hybridized carbons (Fsp3) is 0.833. The maximum absolute atomic E-state index is 11.8. The van der Waals surface area contributed by atoms with Crippen molar-refractivity contribution in [3.8, 4) is 0 Å². The lowest BCUT2D eigenvalue weighted by atomic mass is 9.87. The highest BCUT2D eigenvalue weighted by Crippen LogP contribution is 2.36. The van der Waals surface area contributed by atoms with Crippen LogP contribution >= 0.6 is 0 Å². The molecule has 2 aliphatic rings. The van der Waals surface area contributed by atoms with Crippen LogP contribution in [0.5, 0.6) is 0 Å². The fourth-order valence-electron chi connectivity index (χ4n) is 2.72. The summed E-state index contributed by atoms with van der Waals surface area (Å²) in [5.74, 6) is -0.168. The van der Waals surface area contributed by atoms with Crippen LogP contribution in [0.15, 0.2) is 0 Å². The molecule has 1 aliphatic carbocycles. The molecule has 0 aromatic heterocycles. The number of carbonyl (C=O) groups is 2. The Hall–Kier alpha value is -1.10. The van der Waals surface area contributed by atoms with Crippen molar-refractivity contribution in [2.75, 3.05) is 13.2 Å². The quantitative estimate of drug-likeness (QED) is 0.644.